The Labute approximate surface area is 163 Å². The first-order valence-electron chi connectivity index (χ1n) is 8.62. The fourth-order valence-corrected chi connectivity index (χ4v) is 4.97. The molecule has 0 atom stereocenters. The molecule has 0 amide bonds. The van der Waals surface area contributed by atoms with Crippen LogP contribution in [0.5, 0.6) is 5.75 Å². The predicted molar refractivity (Wildman–Crippen MR) is 109 cm³/mol. The van der Waals surface area contributed by atoms with Crippen LogP contribution < -0.4 is 9.46 Å². The van der Waals surface area contributed by atoms with E-state index >= 15 is 0 Å². The number of nitrogens with zero attached hydrogens (tertiary/aromatic N) is 2. The number of sulfonamides is 1. The van der Waals surface area contributed by atoms with Gasteiger partial charge in [0.15, 0.2) is 5.17 Å². The molecular formula is C19H19N3O3S2. The fourth-order valence-electron chi connectivity index (χ4n) is 2.95. The second-order valence-corrected chi connectivity index (χ2v) is 8.54. The van der Waals surface area contributed by atoms with E-state index in [0.717, 1.165) is 29.5 Å². The van der Waals surface area contributed by atoms with Gasteiger partial charge in [0.05, 0.1) is 23.7 Å². The van der Waals surface area contributed by atoms with Crippen LogP contribution in [-0.4, -0.2) is 38.2 Å². The van der Waals surface area contributed by atoms with E-state index in [1.165, 1.54) is 12.1 Å². The molecule has 8 heteroatoms. The number of ether oxygens (including phenoxy) is 1. The molecule has 0 radical (unpaired) electrons. The summed E-state index contributed by atoms with van der Waals surface area (Å²) in [6.45, 7) is 4.13. The summed E-state index contributed by atoms with van der Waals surface area (Å²) in [6, 6.07) is 13.8. The van der Waals surface area contributed by atoms with Crippen molar-refractivity contribution in [2.45, 2.75) is 11.8 Å². The van der Waals surface area contributed by atoms with Crippen LogP contribution in [0.4, 0.5) is 5.69 Å². The number of nitrogens with one attached hydrogen (secondary N) is 1. The van der Waals surface area contributed by atoms with Crippen molar-refractivity contribution in [1.29, 1.82) is 0 Å². The molecule has 6 nitrogen and oxygen atoms in total. The van der Waals surface area contributed by atoms with Crippen LogP contribution in [0.3, 0.4) is 0 Å². The summed E-state index contributed by atoms with van der Waals surface area (Å²) in [5, 5.41) is 3.11. The minimum atomic E-state index is -3.64. The van der Waals surface area contributed by atoms with E-state index in [0.29, 0.717) is 18.0 Å². The third kappa shape index (κ3) is 3.68. The largest absolute Gasteiger partial charge is 0.494 e. The number of hydrogen-bond donors (Lipinski definition) is 1. The van der Waals surface area contributed by atoms with E-state index in [1.54, 1.807) is 36.0 Å². The van der Waals surface area contributed by atoms with Gasteiger partial charge in [-0.05, 0) is 48.9 Å². The first-order valence-corrected chi connectivity index (χ1v) is 11.0. The topological polar surface area (TPSA) is 71.0 Å². The summed E-state index contributed by atoms with van der Waals surface area (Å²) in [7, 11) is -3.64. The lowest BCUT2D eigenvalue weighted by atomic mass is 10.1. The monoisotopic (exact) mass is 401 g/mol. The summed E-state index contributed by atoms with van der Waals surface area (Å²) in [4.78, 5) is 6.83. The Balaban J connectivity index is 1.48. The summed E-state index contributed by atoms with van der Waals surface area (Å²) >= 11 is 1.62. The Morgan fingerprint density at radius 2 is 1.89 bits per heavy atom. The predicted octanol–water partition coefficient (Wildman–Crippen LogP) is 3.60. The van der Waals surface area contributed by atoms with Crippen LogP contribution in [0.1, 0.15) is 12.5 Å². The molecule has 2 aromatic rings. The van der Waals surface area contributed by atoms with Crippen LogP contribution in [0, 0.1) is 0 Å². The van der Waals surface area contributed by atoms with Crippen molar-refractivity contribution in [3.05, 3.63) is 59.5 Å². The van der Waals surface area contributed by atoms with Gasteiger partial charge in [-0.3, -0.25) is 9.71 Å². The molecule has 0 saturated carbocycles. The molecule has 2 aliphatic heterocycles. The van der Waals surface area contributed by atoms with Crippen molar-refractivity contribution in [2.75, 3.05) is 24.4 Å². The molecule has 140 valence electrons. The molecule has 4 rings (SSSR count). The van der Waals surface area contributed by atoms with Crippen molar-refractivity contribution in [3.63, 3.8) is 0 Å². The lowest BCUT2D eigenvalue weighted by molar-refractivity contribution is 0.340. The molecule has 0 spiro atoms. The number of hydrogen-bond acceptors (Lipinski definition) is 6. The van der Waals surface area contributed by atoms with Gasteiger partial charge in [0.2, 0.25) is 0 Å². The number of benzene rings is 2. The number of anilines is 1. The van der Waals surface area contributed by atoms with Crippen LogP contribution >= 0.6 is 11.8 Å². The van der Waals surface area contributed by atoms with Crippen molar-refractivity contribution >= 4 is 38.3 Å². The zero-order valence-corrected chi connectivity index (χ0v) is 16.4. The molecule has 0 fully saturated rings. The van der Waals surface area contributed by atoms with Crippen molar-refractivity contribution in [3.8, 4) is 5.75 Å². The number of rotatable bonds is 6. The lowest BCUT2D eigenvalue weighted by Crippen LogP contribution is -2.19. The first kappa shape index (κ1) is 17.9. The molecule has 0 bridgehead atoms. The number of thioether (sulfide) groups is 1. The second-order valence-electron chi connectivity index (χ2n) is 6.02. The smallest absolute Gasteiger partial charge is 0.261 e. The third-order valence-electron chi connectivity index (χ3n) is 4.25. The van der Waals surface area contributed by atoms with Crippen LogP contribution in [0.25, 0.3) is 5.70 Å². The van der Waals surface area contributed by atoms with Crippen molar-refractivity contribution in [1.82, 2.24) is 4.90 Å². The van der Waals surface area contributed by atoms with Gasteiger partial charge in [0.1, 0.15) is 5.75 Å². The molecule has 0 aliphatic carbocycles. The fraction of sp³-hybridized carbons (Fsp3) is 0.211. The lowest BCUT2D eigenvalue weighted by Gasteiger charge is -2.17. The Morgan fingerprint density at radius 1 is 1.15 bits per heavy atom. The van der Waals surface area contributed by atoms with E-state index in [4.69, 9.17) is 4.74 Å². The normalized spacial score (nSPS) is 16.0. The van der Waals surface area contributed by atoms with Gasteiger partial charge >= 0.3 is 0 Å². The maximum absolute atomic E-state index is 12.6. The van der Waals surface area contributed by atoms with Gasteiger partial charge < -0.3 is 9.64 Å². The molecule has 2 heterocycles. The van der Waals surface area contributed by atoms with Gasteiger partial charge in [-0.1, -0.05) is 23.9 Å². The van der Waals surface area contributed by atoms with Gasteiger partial charge in [0, 0.05) is 17.6 Å². The average molecular weight is 402 g/mol. The molecule has 0 aromatic heterocycles. The highest BCUT2D eigenvalue weighted by Gasteiger charge is 2.27. The number of aliphatic imine (C=N–C) groups is 1. The van der Waals surface area contributed by atoms with Gasteiger partial charge in [-0.15, -0.1) is 0 Å². The standard InChI is InChI=1S/C19H19N3O3S2/c1-2-25-16-7-9-17(10-8-16)27(23,24)21-15-5-3-14(4-6-15)18-13-26-19-20-11-12-22(18)19/h3-10,13,21H,2,11-12H2,1H3. The van der Waals surface area contributed by atoms with E-state index in [2.05, 4.69) is 20.0 Å². The van der Waals surface area contributed by atoms with Crippen LogP contribution in [0.2, 0.25) is 0 Å². The quantitative estimate of drug-likeness (QED) is 0.801. The second kappa shape index (κ2) is 7.28. The summed E-state index contributed by atoms with van der Waals surface area (Å²) in [6.07, 6.45) is 0. The highest BCUT2D eigenvalue weighted by atomic mass is 32.2. The summed E-state index contributed by atoms with van der Waals surface area (Å²) in [5.74, 6) is 0.647. The van der Waals surface area contributed by atoms with Crippen molar-refractivity contribution in [2.24, 2.45) is 4.99 Å². The highest BCUT2D eigenvalue weighted by molar-refractivity contribution is 8.16. The van der Waals surface area contributed by atoms with E-state index < -0.39 is 10.0 Å². The van der Waals surface area contributed by atoms with Gasteiger partial charge in [-0.25, -0.2) is 8.42 Å². The maximum atomic E-state index is 12.6. The number of amidine groups is 1. The number of fused-ring (bicyclic) bond motifs is 1. The van der Waals surface area contributed by atoms with E-state index in [-0.39, 0.29) is 4.90 Å². The van der Waals surface area contributed by atoms with Crippen LogP contribution in [-0.2, 0) is 10.0 Å². The van der Waals surface area contributed by atoms with E-state index in [9.17, 15) is 8.42 Å². The minimum Gasteiger partial charge on any atom is -0.494 e. The zero-order valence-electron chi connectivity index (χ0n) is 14.8. The highest BCUT2D eigenvalue weighted by Crippen LogP contribution is 2.35. The Bertz CT molecular complexity index is 998. The molecule has 0 unspecified atom stereocenters. The molecule has 2 aromatic carbocycles. The average Bonchev–Trinajstić information content (AvgIpc) is 3.27. The molecule has 2 aliphatic rings. The summed E-state index contributed by atoms with van der Waals surface area (Å²) in [5.41, 5.74) is 2.67. The van der Waals surface area contributed by atoms with E-state index in [1.807, 2.05) is 19.1 Å². The Hall–Kier alpha value is -2.45. The molecule has 27 heavy (non-hydrogen) atoms. The Kier molecular flexibility index (Phi) is 4.84. The molecule has 0 saturated heterocycles. The zero-order chi connectivity index (χ0) is 18.9. The molecule has 1 N–H and O–H groups in total. The van der Waals surface area contributed by atoms with Gasteiger partial charge in [0.25, 0.3) is 10.0 Å². The minimum absolute atomic E-state index is 0.197. The third-order valence-corrected chi connectivity index (χ3v) is 6.54. The van der Waals surface area contributed by atoms with Crippen LogP contribution in [0.15, 0.2) is 63.8 Å². The van der Waals surface area contributed by atoms with Gasteiger partial charge in [-0.2, -0.15) is 0 Å². The summed E-state index contributed by atoms with van der Waals surface area (Å²) < 4.78 is 33.1. The maximum Gasteiger partial charge on any atom is 0.261 e. The molecular weight excluding hydrogens is 382 g/mol. The first-order chi connectivity index (χ1) is 13.1. The SMILES string of the molecule is CCOc1ccc(S(=O)(=O)Nc2ccc(C3=CSC4=NCCN34)cc2)cc1. The van der Waals surface area contributed by atoms with Crippen molar-refractivity contribution < 1.29 is 13.2 Å². The Morgan fingerprint density at radius 3 is 2.59 bits per heavy atom.